The Morgan fingerprint density at radius 3 is 2.62 bits per heavy atom. The molecule has 1 aromatic rings. The molecule has 0 aliphatic carbocycles. The first-order valence-corrected chi connectivity index (χ1v) is 6.14. The van der Waals surface area contributed by atoms with Crippen LogP contribution in [0.15, 0.2) is 16.7 Å². The van der Waals surface area contributed by atoms with Crippen molar-refractivity contribution in [3.05, 3.63) is 21.7 Å². The molecule has 0 aromatic carbocycles. The Hall–Kier alpha value is 0.01000. The summed E-state index contributed by atoms with van der Waals surface area (Å²) in [5, 5.41) is 0. The van der Waals surface area contributed by atoms with E-state index in [0.29, 0.717) is 0 Å². The smallest absolute Gasteiger partial charge is 0.166 e. The molecular weight excluding hydrogens is 275 g/mol. The Morgan fingerprint density at radius 1 is 1.23 bits per heavy atom. The molecule has 1 nitrogen and oxygen atoms in total. The number of furan rings is 1. The van der Waals surface area contributed by atoms with Gasteiger partial charge in [-0.05, 0) is 41.5 Å². The van der Waals surface area contributed by atoms with E-state index < -0.39 is 0 Å². The Bertz CT molecular complexity index is 230. The molecule has 1 aromatic heterocycles. The molecular formula is C11H17IO. The molecule has 0 unspecified atom stereocenters. The lowest BCUT2D eigenvalue weighted by Crippen LogP contribution is -1.85. The molecule has 2 heteroatoms. The van der Waals surface area contributed by atoms with Crippen molar-refractivity contribution in [3.8, 4) is 0 Å². The standard InChI is InChI=1S/C11H17IO/c1-2-3-4-5-6-7-10-8-9-13-11(10)12/h8-9H,2-7H2,1H3. The van der Waals surface area contributed by atoms with Crippen LogP contribution in [0, 0.1) is 3.77 Å². The van der Waals surface area contributed by atoms with Crippen molar-refractivity contribution in [2.75, 3.05) is 0 Å². The van der Waals surface area contributed by atoms with Crippen LogP contribution in [0.5, 0.6) is 0 Å². The fraction of sp³-hybridized carbons (Fsp3) is 0.636. The molecule has 0 aliphatic rings. The maximum atomic E-state index is 5.23. The van der Waals surface area contributed by atoms with Crippen LogP contribution in [0.2, 0.25) is 0 Å². The zero-order chi connectivity index (χ0) is 9.52. The number of rotatable bonds is 6. The topological polar surface area (TPSA) is 13.1 Å². The lowest BCUT2D eigenvalue weighted by molar-refractivity contribution is 0.531. The van der Waals surface area contributed by atoms with Crippen LogP contribution in [0.25, 0.3) is 0 Å². The molecule has 1 heterocycles. The summed E-state index contributed by atoms with van der Waals surface area (Å²) in [4.78, 5) is 0. The monoisotopic (exact) mass is 292 g/mol. The van der Waals surface area contributed by atoms with Crippen LogP contribution in [0.4, 0.5) is 0 Å². The fourth-order valence-corrected chi connectivity index (χ4v) is 2.01. The zero-order valence-electron chi connectivity index (χ0n) is 8.18. The van der Waals surface area contributed by atoms with Crippen LogP contribution < -0.4 is 0 Å². The van der Waals surface area contributed by atoms with Crippen molar-refractivity contribution in [2.45, 2.75) is 45.4 Å². The van der Waals surface area contributed by atoms with Gasteiger partial charge in [-0.1, -0.05) is 32.6 Å². The normalized spacial score (nSPS) is 10.6. The minimum absolute atomic E-state index is 1.06. The minimum atomic E-state index is 1.06. The molecule has 0 atom stereocenters. The van der Waals surface area contributed by atoms with E-state index in [4.69, 9.17) is 4.42 Å². The van der Waals surface area contributed by atoms with Crippen LogP contribution in [-0.2, 0) is 6.42 Å². The Morgan fingerprint density at radius 2 is 2.00 bits per heavy atom. The molecule has 0 aliphatic heterocycles. The van der Waals surface area contributed by atoms with E-state index in [1.165, 1.54) is 44.1 Å². The quantitative estimate of drug-likeness (QED) is 0.559. The van der Waals surface area contributed by atoms with Gasteiger partial charge in [0.05, 0.1) is 6.26 Å². The van der Waals surface area contributed by atoms with Gasteiger partial charge in [0.15, 0.2) is 3.77 Å². The Kier molecular flexibility index (Phi) is 5.51. The first kappa shape index (κ1) is 11.1. The van der Waals surface area contributed by atoms with E-state index in [1.54, 1.807) is 6.26 Å². The lowest BCUT2D eigenvalue weighted by Gasteiger charge is -1.98. The summed E-state index contributed by atoms with van der Waals surface area (Å²) in [6.07, 6.45) is 9.70. The van der Waals surface area contributed by atoms with Crippen molar-refractivity contribution in [3.63, 3.8) is 0 Å². The highest BCUT2D eigenvalue weighted by Gasteiger charge is 2.01. The Balaban J connectivity index is 2.10. The first-order valence-electron chi connectivity index (χ1n) is 5.06. The van der Waals surface area contributed by atoms with Gasteiger partial charge in [0, 0.05) is 5.56 Å². The van der Waals surface area contributed by atoms with E-state index in [9.17, 15) is 0 Å². The van der Waals surface area contributed by atoms with Gasteiger partial charge in [-0.3, -0.25) is 0 Å². The highest BCUT2D eigenvalue weighted by atomic mass is 127. The Labute approximate surface area is 94.0 Å². The number of unbranched alkanes of at least 4 members (excludes halogenated alkanes) is 4. The van der Waals surface area contributed by atoms with Gasteiger partial charge in [-0.25, -0.2) is 0 Å². The molecule has 74 valence electrons. The number of aryl methyl sites for hydroxylation is 1. The molecule has 13 heavy (non-hydrogen) atoms. The second kappa shape index (κ2) is 6.46. The van der Waals surface area contributed by atoms with Crippen LogP contribution in [-0.4, -0.2) is 0 Å². The van der Waals surface area contributed by atoms with Gasteiger partial charge in [0.2, 0.25) is 0 Å². The van der Waals surface area contributed by atoms with Crippen LogP contribution >= 0.6 is 22.6 Å². The van der Waals surface area contributed by atoms with Gasteiger partial charge >= 0.3 is 0 Å². The van der Waals surface area contributed by atoms with Gasteiger partial charge in [-0.2, -0.15) is 0 Å². The number of halogens is 1. The molecule has 0 radical (unpaired) electrons. The summed E-state index contributed by atoms with van der Waals surface area (Å²) < 4.78 is 6.29. The maximum absolute atomic E-state index is 5.23. The molecule has 0 bridgehead atoms. The SMILES string of the molecule is CCCCCCCc1ccoc1I. The van der Waals surface area contributed by atoms with E-state index in [2.05, 4.69) is 35.6 Å². The van der Waals surface area contributed by atoms with Crippen molar-refractivity contribution in [2.24, 2.45) is 0 Å². The molecule has 0 spiro atoms. The molecule has 0 amide bonds. The molecule has 0 saturated carbocycles. The summed E-state index contributed by atoms with van der Waals surface area (Å²) in [6.45, 7) is 2.25. The largest absolute Gasteiger partial charge is 0.458 e. The maximum Gasteiger partial charge on any atom is 0.166 e. The summed E-state index contributed by atoms with van der Waals surface area (Å²) in [5.41, 5.74) is 1.37. The fourth-order valence-electron chi connectivity index (χ4n) is 1.42. The van der Waals surface area contributed by atoms with Crippen molar-refractivity contribution in [1.29, 1.82) is 0 Å². The second-order valence-electron chi connectivity index (χ2n) is 3.38. The van der Waals surface area contributed by atoms with Gasteiger partial charge in [0.25, 0.3) is 0 Å². The van der Waals surface area contributed by atoms with E-state index in [-0.39, 0.29) is 0 Å². The van der Waals surface area contributed by atoms with Gasteiger partial charge < -0.3 is 4.42 Å². The molecule has 1 rings (SSSR count). The zero-order valence-corrected chi connectivity index (χ0v) is 10.3. The molecule has 0 N–H and O–H groups in total. The lowest BCUT2D eigenvalue weighted by atomic mass is 10.1. The summed E-state index contributed by atoms with van der Waals surface area (Å²) in [6, 6.07) is 2.08. The van der Waals surface area contributed by atoms with Crippen molar-refractivity contribution >= 4 is 22.6 Å². The number of hydrogen-bond acceptors (Lipinski definition) is 1. The summed E-state index contributed by atoms with van der Waals surface area (Å²) in [7, 11) is 0. The predicted octanol–water partition coefficient (Wildman–Crippen LogP) is 4.40. The van der Waals surface area contributed by atoms with Crippen LogP contribution in [0.3, 0.4) is 0 Å². The summed E-state index contributed by atoms with van der Waals surface area (Å²) in [5.74, 6) is 0. The van der Waals surface area contributed by atoms with Crippen molar-refractivity contribution in [1.82, 2.24) is 0 Å². The van der Waals surface area contributed by atoms with Crippen LogP contribution in [0.1, 0.15) is 44.6 Å². The molecule has 0 fully saturated rings. The van der Waals surface area contributed by atoms with Gasteiger partial charge in [-0.15, -0.1) is 0 Å². The van der Waals surface area contributed by atoms with E-state index >= 15 is 0 Å². The molecule has 0 saturated heterocycles. The number of hydrogen-bond donors (Lipinski definition) is 0. The second-order valence-corrected chi connectivity index (χ2v) is 4.36. The average molecular weight is 292 g/mol. The van der Waals surface area contributed by atoms with E-state index in [1.807, 2.05) is 0 Å². The van der Waals surface area contributed by atoms with Gasteiger partial charge in [0.1, 0.15) is 0 Å². The average Bonchev–Trinajstić information content (AvgIpc) is 2.52. The summed E-state index contributed by atoms with van der Waals surface area (Å²) >= 11 is 2.26. The predicted molar refractivity (Wildman–Crippen MR) is 63.9 cm³/mol. The first-order chi connectivity index (χ1) is 6.34. The third-order valence-corrected chi connectivity index (χ3v) is 3.19. The highest BCUT2D eigenvalue weighted by Crippen LogP contribution is 2.16. The highest BCUT2D eigenvalue weighted by molar-refractivity contribution is 14.1. The van der Waals surface area contributed by atoms with Crippen molar-refractivity contribution < 1.29 is 4.42 Å². The third kappa shape index (κ3) is 4.16. The minimum Gasteiger partial charge on any atom is -0.458 e. The third-order valence-electron chi connectivity index (χ3n) is 2.24. The van der Waals surface area contributed by atoms with E-state index in [0.717, 1.165) is 3.77 Å².